The summed E-state index contributed by atoms with van der Waals surface area (Å²) in [5.41, 5.74) is -0.660. The Morgan fingerprint density at radius 2 is 2.00 bits per heavy atom. The lowest BCUT2D eigenvalue weighted by atomic mass is 10.0. The second-order valence-electron chi connectivity index (χ2n) is 7.95. The molecule has 13 heteroatoms. The third-order valence-electron chi connectivity index (χ3n) is 4.58. The van der Waals surface area contributed by atoms with Crippen LogP contribution in [-0.2, 0) is 18.6 Å². The van der Waals surface area contributed by atoms with Crippen LogP contribution >= 0.6 is 8.03 Å². The van der Waals surface area contributed by atoms with Crippen LogP contribution in [0, 0.1) is 0 Å². The van der Waals surface area contributed by atoms with Crippen molar-refractivity contribution >= 4 is 25.2 Å². The zero-order valence-electron chi connectivity index (χ0n) is 17.6. The predicted molar refractivity (Wildman–Crippen MR) is 109 cm³/mol. The lowest BCUT2D eigenvalue weighted by Gasteiger charge is -2.31. The highest BCUT2D eigenvalue weighted by molar-refractivity contribution is 7.38. The van der Waals surface area contributed by atoms with Gasteiger partial charge in [0.2, 0.25) is 0 Å². The number of ether oxygens (including phenoxy) is 2. The van der Waals surface area contributed by atoms with Crippen molar-refractivity contribution in [3.05, 3.63) is 28.4 Å². The zero-order chi connectivity index (χ0) is 22.9. The highest BCUT2D eigenvalue weighted by Gasteiger charge is 2.54. The van der Waals surface area contributed by atoms with Crippen molar-refractivity contribution in [3.8, 4) is 0 Å². The Balaban J connectivity index is 2.02. The number of carbonyl (C=O) groups excluding carboxylic acids is 1. The number of amides is 1. The molecule has 12 nitrogen and oxygen atoms in total. The topological polar surface area (TPSA) is 167 Å². The molecule has 0 spiro atoms. The van der Waals surface area contributed by atoms with Gasteiger partial charge in [-0.3, -0.25) is 9.69 Å². The van der Waals surface area contributed by atoms with E-state index in [0.29, 0.717) is 5.56 Å². The highest BCUT2D eigenvalue weighted by Crippen LogP contribution is 2.41. The summed E-state index contributed by atoms with van der Waals surface area (Å²) in [7, 11) is -2.19. The molecule has 1 aliphatic rings. The van der Waals surface area contributed by atoms with Gasteiger partial charge in [0.1, 0.15) is 28.8 Å². The molecule has 1 unspecified atom stereocenters. The van der Waals surface area contributed by atoms with Crippen molar-refractivity contribution in [2.24, 2.45) is 0 Å². The first-order valence-corrected chi connectivity index (χ1v) is 11.0. The molecular formula is C18H26N4O8P+. The molecule has 4 N–H and O–H groups in total. The summed E-state index contributed by atoms with van der Waals surface area (Å²) in [6, 6.07) is -1.15. The Bertz CT molecular complexity index is 1020. The Kier molecular flexibility index (Phi) is 6.77. The van der Waals surface area contributed by atoms with E-state index in [1.807, 2.05) is 0 Å². The SMILES string of the molecule is CCO[P+](=O)CO[C@@H]1[C@@H](O)[C@@H](O)[C@H](c2c[nH]c3c(=O)[nH]cnc23)N1C(=O)OC(C)(C)C. The van der Waals surface area contributed by atoms with Crippen molar-refractivity contribution in [1.82, 2.24) is 19.9 Å². The lowest BCUT2D eigenvalue weighted by Crippen LogP contribution is -2.45. The number of H-pyrrole nitrogens is 2. The fraction of sp³-hybridized carbons (Fsp3) is 0.611. The number of rotatable bonds is 6. The minimum Gasteiger partial charge on any atom is -0.444 e. The molecule has 0 saturated carbocycles. The van der Waals surface area contributed by atoms with Crippen LogP contribution in [0.15, 0.2) is 17.3 Å². The molecule has 1 fully saturated rings. The Morgan fingerprint density at radius 1 is 1.29 bits per heavy atom. The van der Waals surface area contributed by atoms with Crippen LogP contribution in [-0.4, -0.2) is 73.1 Å². The molecule has 3 rings (SSSR count). The minimum atomic E-state index is -2.19. The van der Waals surface area contributed by atoms with Gasteiger partial charge in [-0.1, -0.05) is 0 Å². The van der Waals surface area contributed by atoms with Crippen molar-refractivity contribution < 1.29 is 33.6 Å². The molecular weight excluding hydrogens is 431 g/mol. The fourth-order valence-corrected chi connectivity index (χ4v) is 4.04. The molecule has 0 aromatic carbocycles. The molecule has 1 amide bonds. The first kappa shape index (κ1) is 23.3. The van der Waals surface area contributed by atoms with Crippen LogP contribution < -0.4 is 5.56 Å². The summed E-state index contributed by atoms with van der Waals surface area (Å²) in [5, 5.41) is 21.5. The van der Waals surface area contributed by atoms with Gasteiger partial charge in [0.25, 0.3) is 11.9 Å². The van der Waals surface area contributed by atoms with Crippen LogP contribution in [0.2, 0.25) is 0 Å². The molecule has 2 aromatic heterocycles. The molecule has 0 radical (unpaired) electrons. The van der Waals surface area contributed by atoms with E-state index in [2.05, 4.69) is 15.0 Å². The first-order chi connectivity index (χ1) is 14.5. The maximum Gasteiger partial charge on any atom is 0.537 e. The molecule has 31 heavy (non-hydrogen) atoms. The number of nitrogens with one attached hydrogen (secondary N) is 2. The largest absolute Gasteiger partial charge is 0.537 e. The summed E-state index contributed by atoms with van der Waals surface area (Å²) >= 11 is 0. The first-order valence-electron chi connectivity index (χ1n) is 9.66. The number of hydrogen-bond acceptors (Lipinski definition) is 9. The van der Waals surface area contributed by atoms with Gasteiger partial charge in [-0.2, -0.15) is 0 Å². The van der Waals surface area contributed by atoms with E-state index >= 15 is 0 Å². The second-order valence-corrected chi connectivity index (χ2v) is 9.13. The highest BCUT2D eigenvalue weighted by atomic mass is 31.1. The Hall–Kier alpha value is -2.37. The number of carbonyl (C=O) groups is 1. The van der Waals surface area contributed by atoms with Crippen molar-refractivity contribution in [3.63, 3.8) is 0 Å². The van der Waals surface area contributed by atoms with Gasteiger partial charge in [-0.05, 0) is 32.3 Å². The van der Waals surface area contributed by atoms with Crippen molar-refractivity contribution in [2.75, 3.05) is 13.0 Å². The number of likely N-dealkylation sites (tertiary alicyclic amines) is 1. The third-order valence-corrected chi connectivity index (χ3v) is 5.49. The fourth-order valence-electron chi connectivity index (χ4n) is 3.40. The molecule has 5 atom stereocenters. The number of fused-ring (bicyclic) bond motifs is 1. The van der Waals surface area contributed by atoms with E-state index in [-0.39, 0.29) is 17.6 Å². The number of aliphatic hydroxyl groups is 2. The Labute approximate surface area is 178 Å². The normalized spacial score (nSPS) is 24.6. The zero-order valence-corrected chi connectivity index (χ0v) is 18.5. The number of aliphatic hydroxyl groups excluding tert-OH is 2. The van der Waals surface area contributed by atoms with E-state index in [9.17, 15) is 24.4 Å². The van der Waals surface area contributed by atoms with Crippen LogP contribution in [0.1, 0.15) is 39.3 Å². The maximum atomic E-state index is 13.0. The van der Waals surface area contributed by atoms with Crippen LogP contribution in [0.25, 0.3) is 11.0 Å². The van der Waals surface area contributed by atoms with Gasteiger partial charge in [-0.15, -0.1) is 4.52 Å². The Morgan fingerprint density at radius 3 is 2.65 bits per heavy atom. The smallest absolute Gasteiger partial charge is 0.444 e. The number of aromatic amines is 2. The monoisotopic (exact) mass is 457 g/mol. The molecule has 3 heterocycles. The minimum absolute atomic E-state index is 0.145. The van der Waals surface area contributed by atoms with E-state index < -0.39 is 56.1 Å². The van der Waals surface area contributed by atoms with Crippen LogP contribution in [0.5, 0.6) is 0 Å². The maximum absolute atomic E-state index is 13.0. The number of hydrogen-bond donors (Lipinski definition) is 4. The molecule has 0 bridgehead atoms. The van der Waals surface area contributed by atoms with E-state index in [0.717, 1.165) is 4.90 Å². The number of nitrogens with zero attached hydrogens (tertiary/aromatic N) is 2. The average molecular weight is 457 g/mol. The van der Waals surface area contributed by atoms with Gasteiger partial charge in [-0.25, -0.2) is 9.78 Å². The predicted octanol–water partition coefficient (Wildman–Crippen LogP) is 1.34. The van der Waals surface area contributed by atoms with Crippen molar-refractivity contribution in [1.29, 1.82) is 0 Å². The summed E-state index contributed by atoms with van der Waals surface area (Å²) in [5.74, 6) is 0. The molecule has 170 valence electrons. The molecule has 2 aromatic rings. The lowest BCUT2D eigenvalue weighted by molar-refractivity contribution is -0.0899. The van der Waals surface area contributed by atoms with Crippen LogP contribution in [0.3, 0.4) is 0 Å². The van der Waals surface area contributed by atoms with Gasteiger partial charge < -0.3 is 29.7 Å². The van der Waals surface area contributed by atoms with Crippen molar-refractivity contribution in [2.45, 2.75) is 57.8 Å². The van der Waals surface area contributed by atoms with E-state index in [1.54, 1.807) is 27.7 Å². The van der Waals surface area contributed by atoms with Crippen LogP contribution in [0.4, 0.5) is 4.79 Å². The standard InChI is InChI=1S/C18H25N4O8P/c1-5-29-31(27)8-28-16-14(24)13(23)12(22(16)17(26)30-18(2,3)4)9-6-19-11-10(9)20-7-21-15(11)25/h6-7,12-14,16,23-24H,5,8H2,1-4H3,(H-,19,20,21,25)/p+1/t12-,13-,14-,16+/m0/s1. The van der Waals surface area contributed by atoms with Gasteiger partial charge >= 0.3 is 14.1 Å². The number of aromatic nitrogens is 3. The molecule has 1 saturated heterocycles. The molecule has 0 aliphatic carbocycles. The quantitative estimate of drug-likeness (QED) is 0.468. The van der Waals surface area contributed by atoms with E-state index in [4.69, 9.17) is 14.0 Å². The van der Waals surface area contributed by atoms with E-state index in [1.165, 1.54) is 12.5 Å². The third kappa shape index (κ3) is 4.78. The molecule has 1 aliphatic heterocycles. The second kappa shape index (κ2) is 9.01. The summed E-state index contributed by atoms with van der Waals surface area (Å²) in [6.07, 6.45) is -3.08. The van der Waals surface area contributed by atoms with Gasteiger partial charge in [0.05, 0.1) is 19.0 Å². The van der Waals surface area contributed by atoms with Gasteiger partial charge in [0.15, 0.2) is 6.23 Å². The average Bonchev–Trinajstić information content (AvgIpc) is 3.20. The van der Waals surface area contributed by atoms with Gasteiger partial charge in [0, 0.05) is 11.8 Å². The summed E-state index contributed by atoms with van der Waals surface area (Å²) in [6.45, 7) is 6.85. The summed E-state index contributed by atoms with van der Waals surface area (Å²) < 4.78 is 27.8. The summed E-state index contributed by atoms with van der Waals surface area (Å²) in [4.78, 5) is 35.4.